The molecular weight excluding hydrogens is 296 g/mol. The first-order valence-corrected chi connectivity index (χ1v) is 8.61. The molecule has 0 aromatic carbocycles. The zero-order chi connectivity index (χ0) is 15.5. The molecule has 0 bridgehead atoms. The summed E-state index contributed by atoms with van der Waals surface area (Å²) in [6, 6.07) is -0.0461. The van der Waals surface area contributed by atoms with Crippen LogP contribution in [0.2, 0.25) is 0 Å². The molecule has 1 saturated heterocycles. The van der Waals surface area contributed by atoms with Crippen LogP contribution in [0.3, 0.4) is 0 Å². The highest BCUT2D eigenvalue weighted by molar-refractivity contribution is 7.88. The monoisotopic (exact) mass is 316 g/mol. The van der Waals surface area contributed by atoms with Crippen molar-refractivity contribution in [1.82, 2.24) is 24.6 Å². The molecule has 1 aliphatic heterocycles. The summed E-state index contributed by atoms with van der Waals surface area (Å²) in [7, 11) is -3.15. The summed E-state index contributed by atoms with van der Waals surface area (Å²) in [5.41, 5.74) is 5.64. The minimum Gasteiger partial charge on any atom is -0.348 e. The maximum atomic E-state index is 12.0. The van der Waals surface area contributed by atoms with Crippen molar-refractivity contribution >= 4 is 15.9 Å². The van der Waals surface area contributed by atoms with Gasteiger partial charge >= 0.3 is 0 Å². The molecule has 2 rings (SSSR count). The van der Waals surface area contributed by atoms with E-state index in [4.69, 9.17) is 5.73 Å². The van der Waals surface area contributed by atoms with E-state index in [-0.39, 0.29) is 17.6 Å². The number of rotatable bonds is 5. The summed E-state index contributed by atoms with van der Waals surface area (Å²) in [5, 5.41) is 10.5. The van der Waals surface area contributed by atoms with Gasteiger partial charge in [-0.05, 0) is 12.8 Å². The zero-order valence-corrected chi connectivity index (χ0v) is 12.7. The SMILES string of the molecule is CS(=O)(=O)N1CCC(NC(=O)c2cn(CCN)nn2)CC1. The maximum Gasteiger partial charge on any atom is 0.273 e. The Labute approximate surface area is 123 Å². The molecule has 0 spiro atoms. The van der Waals surface area contributed by atoms with E-state index in [1.165, 1.54) is 15.2 Å². The topological polar surface area (TPSA) is 123 Å². The van der Waals surface area contributed by atoms with Gasteiger partial charge in [-0.1, -0.05) is 5.21 Å². The van der Waals surface area contributed by atoms with Crippen LogP contribution in [0.15, 0.2) is 6.20 Å². The molecule has 0 radical (unpaired) electrons. The van der Waals surface area contributed by atoms with Crippen molar-refractivity contribution in [3.05, 3.63) is 11.9 Å². The molecule has 9 nitrogen and oxygen atoms in total. The Hall–Kier alpha value is -1.52. The fourth-order valence-electron chi connectivity index (χ4n) is 2.24. The third kappa shape index (κ3) is 4.22. The van der Waals surface area contributed by atoms with E-state index in [0.717, 1.165) is 0 Å². The van der Waals surface area contributed by atoms with Crippen LogP contribution in [0.1, 0.15) is 23.3 Å². The maximum absolute atomic E-state index is 12.0. The zero-order valence-electron chi connectivity index (χ0n) is 11.9. The number of aromatic nitrogens is 3. The first-order valence-electron chi connectivity index (χ1n) is 6.76. The number of carbonyl (C=O) groups excluding carboxylic acids is 1. The molecule has 118 valence electrons. The highest BCUT2D eigenvalue weighted by atomic mass is 32.2. The quantitative estimate of drug-likeness (QED) is 0.674. The Kier molecular flexibility index (Phi) is 4.91. The number of hydrogen-bond acceptors (Lipinski definition) is 6. The Bertz CT molecular complexity index is 591. The first kappa shape index (κ1) is 15.9. The van der Waals surface area contributed by atoms with Gasteiger partial charge < -0.3 is 11.1 Å². The standard InChI is InChI=1S/C11H20N6O3S/c1-21(19,20)17-5-2-9(3-6-17)13-11(18)10-8-16(7-4-12)15-14-10/h8-9H,2-7,12H2,1H3,(H,13,18). The van der Waals surface area contributed by atoms with Gasteiger partial charge in [0.05, 0.1) is 19.0 Å². The van der Waals surface area contributed by atoms with Gasteiger partial charge in [-0.25, -0.2) is 12.7 Å². The second-order valence-electron chi connectivity index (χ2n) is 5.07. The van der Waals surface area contributed by atoms with E-state index in [1.807, 2.05) is 0 Å². The van der Waals surface area contributed by atoms with Crippen molar-refractivity contribution in [2.75, 3.05) is 25.9 Å². The molecule has 1 aromatic rings. The molecule has 10 heteroatoms. The number of hydrogen-bond donors (Lipinski definition) is 2. The predicted molar refractivity (Wildman–Crippen MR) is 76.0 cm³/mol. The van der Waals surface area contributed by atoms with Gasteiger partial charge in [0.15, 0.2) is 5.69 Å². The van der Waals surface area contributed by atoms with E-state index in [9.17, 15) is 13.2 Å². The average Bonchev–Trinajstić information content (AvgIpc) is 2.87. The van der Waals surface area contributed by atoms with Gasteiger partial charge in [-0.2, -0.15) is 0 Å². The van der Waals surface area contributed by atoms with Gasteiger partial charge in [0.2, 0.25) is 10.0 Å². The van der Waals surface area contributed by atoms with Gasteiger partial charge in [-0.3, -0.25) is 9.48 Å². The van der Waals surface area contributed by atoms with E-state index >= 15 is 0 Å². The van der Waals surface area contributed by atoms with E-state index in [1.54, 1.807) is 6.20 Å². The molecule has 2 heterocycles. The van der Waals surface area contributed by atoms with Crippen LogP contribution in [0.25, 0.3) is 0 Å². The molecule has 1 aromatic heterocycles. The summed E-state index contributed by atoms with van der Waals surface area (Å²) < 4.78 is 25.8. The van der Waals surface area contributed by atoms with Crippen molar-refractivity contribution in [3.8, 4) is 0 Å². The van der Waals surface area contributed by atoms with Crippen molar-refractivity contribution in [3.63, 3.8) is 0 Å². The Morgan fingerprint density at radius 3 is 2.71 bits per heavy atom. The largest absolute Gasteiger partial charge is 0.348 e. The Morgan fingerprint density at radius 2 is 2.14 bits per heavy atom. The molecule has 0 aliphatic carbocycles. The highest BCUT2D eigenvalue weighted by Gasteiger charge is 2.26. The van der Waals surface area contributed by atoms with Gasteiger partial charge in [0, 0.05) is 25.7 Å². The number of nitrogens with zero attached hydrogens (tertiary/aromatic N) is 4. The normalized spacial score (nSPS) is 17.8. The molecule has 1 amide bonds. The van der Waals surface area contributed by atoms with Crippen LogP contribution >= 0.6 is 0 Å². The molecular formula is C11H20N6O3S. The Balaban J connectivity index is 1.86. The van der Waals surface area contributed by atoms with Crippen molar-refractivity contribution in [2.45, 2.75) is 25.4 Å². The van der Waals surface area contributed by atoms with Crippen LogP contribution < -0.4 is 11.1 Å². The van der Waals surface area contributed by atoms with Gasteiger partial charge in [0.1, 0.15) is 0 Å². The van der Waals surface area contributed by atoms with Crippen LogP contribution in [-0.2, 0) is 16.6 Å². The third-order valence-corrected chi connectivity index (χ3v) is 4.69. The van der Waals surface area contributed by atoms with Crippen LogP contribution in [0.4, 0.5) is 0 Å². The van der Waals surface area contributed by atoms with Gasteiger partial charge in [0.25, 0.3) is 5.91 Å². The van der Waals surface area contributed by atoms with Crippen LogP contribution in [0, 0.1) is 0 Å². The lowest BCUT2D eigenvalue weighted by Gasteiger charge is -2.30. The van der Waals surface area contributed by atoms with E-state index in [0.29, 0.717) is 39.0 Å². The van der Waals surface area contributed by atoms with E-state index < -0.39 is 10.0 Å². The van der Waals surface area contributed by atoms with E-state index in [2.05, 4.69) is 15.6 Å². The first-order chi connectivity index (χ1) is 9.90. The molecule has 1 aliphatic rings. The minimum atomic E-state index is -3.15. The molecule has 0 saturated carbocycles. The summed E-state index contributed by atoms with van der Waals surface area (Å²) >= 11 is 0. The smallest absolute Gasteiger partial charge is 0.273 e. The number of nitrogens with one attached hydrogen (secondary N) is 1. The average molecular weight is 316 g/mol. The third-order valence-electron chi connectivity index (χ3n) is 3.39. The number of amides is 1. The van der Waals surface area contributed by atoms with Crippen molar-refractivity contribution < 1.29 is 13.2 Å². The van der Waals surface area contributed by atoms with Crippen LogP contribution in [0.5, 0.6) is 0 Å². The van der Waals surface area contributed by atoms with Crippen molar-refractivity contribution in [2.24, 2.45) is 5.73 Å². The lowest BCUT2D eigenvalue weighted by Crippen LogP contribution is -2.46. The molecule has 21 heavy (non-hydrogen) atoms. The minimum absolute atomic E-state index is 0.0461. The second-order valence-corrected chi connectivity index (χ2v) is 7.05. The fourth-order valence-corrected chi connectivity index (χ4v) is 3.11. The highest BCUT2D eigenvalue weighted by Crippen LogP contribution is 2.13. The van der Waals surface area contributed by atoms with Crippen LogP contribution in [-0.4, -0.2) is 65.6 Å². The number of piperidine rings is 1. The lowest BCUT2D eigenvalue weighted by atomic mass is 10.1. The predicted octanol–water partition coefficient (Wildman–Crippen LogP) is -1.61. The second kappa shape index (κ2) is 6.50. The number of carbonyl (C=O) groups is 1. The number of nitrogens with two attached hydrogens (primary N) is 1. The summed E-state index contributed by atoms with van der Waals surface area (Å²) in [6.07, 6.45) is 3.93. The molecule has 3 N–H and O–H groups in total. The fraction of sp³-hybridized carbons (Fsp3) is 0.727. The summed E-state index contributed by atoms with van der Waals surface area (Å²) in [4.78, 5) is 12.0. The summed E-state index contributed by atoms with van der Waals surface area (Å²) in [6.45, 7) is 1.77. The Morgan fingerprint density at radius 1 is 1.48 bits per heavy atom. The molecule has 1 fully saturated rings. The lowest BCUT2D eigenvalue weighted by molar-refractivity contribution is 0.0918. The van der Waals surface area contributed by atoms with Crippen molar-refractivity contribution in [1.29, 1.82) is 0 Å². The molecule has 0 atom stereocenters. The summed E-state index contributed by atoms with van der Waals surface area (Å²) in [5.74, 6) is -0.295. The van der Waals surface area contributed by atoms with Gasteiger partial charge in [-0.15, -0.1) is 5.10 Å². The number of sulfonamides is 1. The molecule has 0 unspecified atom stereocenters.